The minimum absolute atomic E-state index is 0.235. The quantitative estimate of drug-likeness (QED) is 0.520. The van der Waals surface area contributed by atoms with Crippen LogP contribution in [-0.4, -0.2) is 39.5 Å². The Balaban J connectivity index is 1.40. The SMILES string of the molecule is c1ccc(-n2ncc3c(N4CCC[C@H]4c4ccc5c(c4)OCCO5)ncnc32)cc1. The average molecular weight is 399 g/mol. The van der Waals surface area contributed by atoms with Crippen LogP contribution in [0.3, 0.4) is 0 Å². The fourth-order valence-electron chi connectivity index (χ4n) is 4.45. The van der Waals surface area contributed by atoms with Crippen molar-refractivity contribution in [3.05, 3.63) is 66.6 Å². The second-order valence-corrected chi connectivity index (χ2v) is 7.58. The van der Waals surface area contributed by atoms with Crippen LogP contribution in [-0.2, 0) is 0 Å². The molecule has 1 saturated heterocycles. The van der Waals surface area contributed by atoms with Crippen LogP contribution in [0.15, 0.2) is 61.1 Å². The van der Waals surface area contributed by atoms with Gasteiger partial charge in [0.15, 0.2) is 17.1 Å². The molecule has 0 bridgehead atoms. The van der Waals surface area contributed by atoms with E-state index in [1.165, 1.54) is 5.56 Å². The highest BCUT2D eigenvalue weighted by molar-refractivity contribution is 5.88. The van der Waals surface area contributed by atoms with E-state index in [2.05, 4.69) is 32.1 Å². The van der Waals surface area contributed by atoms with Gasteiger partial charge >= 0.3 is 0 Å². The van der Waals surface area contributed by atoms with Crippen molar-refractivity contribution < 1.29 is 9.47 Å². The lowest BCUT2D eigenvalue weighted by molar-refractivity contribution is 0.171. The lowest BCUT2D eigenvalue weighted by Crippen LogP contribution is -2.24. The van der Waals surface area contributed by atoms with Gasteiger partial charge in [-0.05, 0) is 42.7 Å². The molecule has 1 fully saturated rings. The second-order valence-electron chi connectivity index (χ2n) is 7.58. The molecule has 2 aromatic heterocycles. The van der Waals surface area contributed by atoms with Gasteiger partial charge in [-0.2, -0.15) is 5.10 Å². The van der Waals surface area contributed by atoms with Gasteiger partial charge in [0.25, 0.3) is 0 Å². The lowest BCUT2D eigenvalue weighted by Gasteiger charge is -2.27. The third-order valence-electron chi connectivity index (χ3n) is 5.82. The van der Waals surface area contributed by atoms with Crippen molar-refractivity contribution in [2.75, 3.05) is 24.7 Å². The van der Waals surface area contributed by atoms with Gasteiger partial charge in [-0.15, -0.1) is 0 Å². The second kappa shape index (κ2) is 7.02. The van der Waals surface area contributed by atoms with E-state index in [1.807, 2.05) is 47.3 Å². The first kappa shape index (κ1) is 17.3. The van der Waals surface area contributed by atoms with Gasteiger partial charge in [0.2, 0.25) is 0 Å². The molecule has 30 heavy (non-hydrogen) atoms. The molecule has 0 unspecified atom stereocenters. The number of nitrogens with zero attached hydrogens (tertiary/aromatic N) is 5. The molecule has 0 spiro atoms. The minimum Gasteiger partial charge on any atom is -0.486 e. The molecular weight excluding hydrogens is 378 g/mol. The van der Waals surface area contributed by atoms with Crippen molar-refractivity contribution in [3.63, 3.8) is 0 Å². The molecule has 7 nitrogen and oxygen atoms in total. The summed E-state index contributed by atoms with van der Waals surface area (Å²) in [5.74, 6) is 2.58. The van der Waals surface area contributed by atoms with Crippen LogP contribution in [0, 0.1) is 0 Å². The zero-order valence-corrected chi connectivity index (χ0v) is 16.4. The first-order valence-corrected chi connectivity index (χ1v) is 10.3. The van der Waals surface area contributed by atoms with E-state index in [-0.39, 0.29) is 6.04 Å². The van der Waals surface area contributed by atoms with Gasteiger partial charge in [0.1, 0.15) is 25.4 Å². The third-order valence-corrected chi connectivity index (χ3v) is 5.82. The standard InChI is InChI=1S/C23H21N5O2/c1-2-5-17(6-3-1)28-23-18(14-26-28)22(24-15-25-23)27-10-4-7-19(27)16-8-9-20-21(13-16)30-12-11-29-20/h1-3,5-6,8-9,13-15,19H,4,7,10-12H2/t19-/m0/s1. The van der Waals surface area contributed by atoms with Crippen molar-refractivity contribution in [1.29, 1.82) is 0 Å². The Bertz CT molecular complexity index is 1210. The molecule has 6 rings (SSSR count). The molecule has 1 atom stereocenters. The zero-order chi connectivity index (χ0) is 19.9. The Morgan fingerprint density at radius 2 is 1.80 bits per heavy atom. The van der Waals surface area contributed by atoms with Crippen molar-refractivity contribution in [2.24, 2.45) is 0 Å². The van der Waals surface area contributed by atoms with Crippen LogP contribution in [0.25, 0.3) is 16.7 Å². The number of anilines is 1. The summed E-state index contributed by atoms with van der Waals surface area (Å²) in [5, 5.41) is 5.57. The van der Waals surface area contributed by atoms with Crippen molar-refractivity contribution in [1.82, 2.24) is 19.7 Å². The van der Waals surface area contributed by atoms with Crippen LogP contribution in [0.5, 0.6) is 11.5 Å². The molecule has 2 aromatic carbocycles. The number of benzene rings is 2. The van der Waals surface area contributed by atoms with E-state index in [9.17, 15) is 0 Å². The number of hydrogen-bond acceptors (Lipinski definition) is 6. The maximum atomic E-state index is 5.80. The lowest BCUT2D eigenvalue weighted by atomic mass is 10.0. The van der Waals surface area contributed by atoms with E-state index in [4.69, 9.17) is 9.47 Å². The number of para-hydroxylation sites is 1. The zero-order valence-electron chi connectivity index (χ0n) is 16.4. The van der Waals surface area contributed by atoms with Crippen molar-refractivity contribution >= 4 is 16.9 Å². The molecule has 2 aliphatic heterocycles. The Labute approximate surface area is 173 Å². The van der Waals surface area contributed by atoms with Crippen LogP contribution in [0.1, 0.15) is 24.4 Å². The molecule has 7 heteroatoms. The van der Waals surface area contributed by atoms with Gasteiger partial charge in [-0.3, -0.25) is 0 Å². The normalized spacial score (nSPS) is 18.1. The molecular formula is C23H21N5O2. The topological polar surface area (TPSA) is 65.3 Å². The number of ether oxygens (including phenoxy) is 2. The van der Waals surface area contributed by atoms with Crippen LogP contribution in [0.2, 0.25) is 0 Å². The Kier molecular flexibility index (Phi) is 4.04. The van der Waals surface area contributed by atoms with Gasteiger partial charge in [0, 0.05) is 6.54 Å². The summed E-state index contributed by atoms with van der Waals surface area (Å²) in [4.78, 5) is 11.6. The highest BCUT2D eigenvalue weighted by Crippen LogP contribution is 2.41. The van der Waals surface area contributed by atoms with Gasteiger partial charge < -0.3 is 14.4 Å². The smallest absolute Gasteiger partial charge is 0.168 e. The number of fused-ring (bicyclic) bond motifs is 2. The van der Waals surface area contributed by atoms with E-state index >= 15 is 0 Å². The Morgan fingerprint density at radius 1 is 0.933 bits per heavy atom. The van der Waals surface area contributed by atoms with Crippen molar-refractivity contribution in [3.8, 4) is 17.2 Å². The molecule has 150 valence electrons. The number of aromatic nitrogens is 4. The maximum absolute atomic E-state index is 5.80. The van der Waals surface area contributed by atoms with Gasteiger partial charge in [-0.25, -0.2) is 14.6 Å². The van der Waals surface area contributed by atoms with E-state index < -0.39 is 0 Å². The molecule has 0 amide bonds. The monoisotopic (exact) mass is 399 g/mol. The summed E-state index contributed by atoms with van der Waals surface area (Å²) in [6.07, 6.45) is 5.68. The first-order chi connectivity index (χ1) is 14.9. The number of hydrogen-bond donors (Lipinski definition) is 0. The maximum Gasteiger partial charge on any atom is 0.168 e. The summed E-state index contributed by atoms with van der Waals surface area (Å²) in [5.41, 5.74) is 3.03. The minimum atomic E-state index is 0.235. The van der Waals surface area contributed by atoms with Gasteiger partial charge in [0.05, 0.1) is 23.3 Å². The van der Waals surface area contributed by atoms with Crippen molar-refractivity contribution in [2.45, 2.75) is 18.9 Å². The molecule has 0 saturated carbocycles. The largest absolute Gasteiger partial charge is 0.486 e. The Morgan fingerprint density at radius 3 is 2.70 bits per heavy atom. The van der Waals surface area contributed by atoms with Crippen LogP contribution in [0.4, 0.5) is 5.82 Å². The predicted molar refractivity (Wildman–Crippen MR) is 113 cm³/mol. The molecule has 0 radical (unpaired) electrons. The summed E-state index contributed by atoms with van der Waals surface area (Å²) in [7, 11) is 0. The summed E-state index contributed by atoms with van der Waals surface area (Å²) in [6, 6.07) is 16.6. The Hall–Kier alpha value is -3.61. The molecule has 2 aliphatic rings. The van der Waals surface area contributed by atoms with Gasteiger partial charge in [-0.1, -0.05) is 24.3 Å². The summed E-state index contributed by atoms with van der Waals surface area (Å²) in [6.45, 7) is 2.14. The molecule has 0 aliphatic carbocycles. The van der Waals surface area contributed by atoms with Crippen LogP contribution >= 0.6 is 0 Å². The molecule has 4 heterocycles. The summed E-state index contributed by atoms with van der Waals surface area (Å²) < 4.78 is 13.4. The highest BCUT2D eigenvalue weighted by atomic mass is 16.6. The van der Waals surface area contributed by atoms with E-state index in [0.29, 0.717) is 13.2 Å². The summed E-state index contributed by atoms with van der Waals surface area (Å²) >= 11 is 0. The fraction of sp³-hybridized carbons (Fsp3) is 0.261. The first-order valence-electron chi connectivity index (χ1n) is 10.3. The highest BCUT2D eigenvalue weighted by Gasteiger charge is 2.30. The predicted octanol–water partition coefficient (Wildman–Crippen LogP) is 3.93. The fourth-order valence-corrected chi connectivity index (χ4v) is 4.45. The van der Waals surface area contributed by atoms with E-state index in [0.717, 1.165) is 53.4 Å². The van der Waals surface area contributed by atoms with E-state index in [1.54, 1.807) is 6.33 Å². The average Bonchev–Trinajstić information content (AvgIpc) is 3.47. The van der Waals surface area contributed by atoms with Crippen LogP contribution < -0.4 is 14.4 Å². The molecule has 4 aromatic rings. The number of rotatable bonds is 3. The molecule has 0 N–H and O–H groups in total. The third kappa shape index (κ3) is 2.77.